The minimum absolute atomic E-state index is 0.102. The summed E-state index contributed by atoms with van der Waals surface area (Å²) in [7, 11) is 0. The van der Waals surface area contributed by atoms with Gasteiger partial charge in [-0.3, -0.25) is 14.0 Å². The summed E-state index contributed by atoms with van der Waals surface area (Å²) in [6.07, 6.45) is 7.65. The van der Waals surface area contributed by atoms with Crippen molar-refractivity contribution in [3.63, 3.8) is 0 Å². The highest BCUT2D eigenvalue weighted by Crippen LogP contribution is 2.19. The van der Waals surface area contributed by atoms with Gasteiger partial charge in [0.2, 0.25) is 5.91 Å². The summed E-state index contributed by atoms with van der Waals surface area (Å²) in [5.41, 5.74) is 0.444. The molecule has 0 spiro atoms. The Balaban J connectivity index is 2.06. The van der Waals surface area contributed by atoms with Gasteiger partial charge in [0, 0.05) is 19.2 Å². The van der Waals surface area contributed by atoms with Crippen molar-refractivity contribution in [2.75, 3.05) is 11.9 Å². The number of carbonyl (C=O) groups is 2. The van der Waals surface area contributed by atoms with E-state index in [0.29, 0.717) is 17.9 Å². The molecule has 2 atom stereocenters. The van der Waals surface area contributed by atoms with Gasteiger partial charge in [-0.2, -0.15) is 0 Å². The first kappa shape index (κ1) is 23.3. The number of allylic oxidation sites excluding steroid dienone is 3. The lowest BCUT2D eigenvalue weighted by Gasteiger charge is -2.25. The Kier molecular flexibility index (Phi) is 7.94. The average Bonchev–Trinajstić information content (AvgIpc) is 3.10. The predicted molar refractivity (Wildman–Crippen MR) is 119 cm³/mol. The average molecular weight is 413 g/mol. The molecule has 0 bridgehead atoms. The highest BCUT2D eigenvalue weighted by molar-refractivity contribution is 5.94. The van der Waals surface area contributed by atoms with Crippen LogP contribution in [0.1, 0.15) is 51.0 Å². The number of aliphatic hydroxyl groups is 1. The second kappa shape index (κ2) is 10.2. The zero-order chi connectivity index (χ0) is 22.3. The Bertz CT molecular complexity index is 924. The molecule has 0 saturated carbocycles. The van der Waals surface area contributed by atoms with Crippen molar-refractivity contribution >= 4 is 23.3 Å². The second-order valence-corrected chi connectivity index (χ2v) is 8.61. The van der Waals surface area contributed by atoms with E-state index in [9.17, 15) is 14.7 Å². The molecule has 0 fully saturated rings. The molecule has 7 heteroatoms. The highest BCUT2D eigenvalue weighted by atomic mass is 16.3. The first-order chi connectivity index (χ1) is 14.1. The van der Waals surface area contributed by atoms with Gasteiger partial charge in [0.15, 0.2) is 0 Å². The quantitative estimate of drug-likeness (QED) is 0.549. The van der Waals surface area contributed by atoms with E-state index in [1.807, 2.05) is 39.8 Å². The number of anilines is 1. The summed E-state index contributed by atoms with van der Waals surface area (Å²) >= 11 is 0. The number of carbonyl (C=O) groups excluding carboxylic acids is 2. The van der Waals surface area contributed by atoms with Gasteiger partial charge in [0.25, 0.3) is 5.91 Å². The van der Waals surface area contributed by atoms with Crippen LogP contribution in [0, 0.1) is 11.3 Å². The fraction of sp³-hybridized carbons (Fsp3) is 0.435. The number of pyridine rings is 1. The Labute approximate surface area is 177 Å². The monoisotopic (exact) mass is 412 g/mol. The Morgan fingerprint density at radius 1 is 1.33 bits per heavy atom. The molecule has 7 nitrogen and oxygen atoms in total. The lowest BCUT2D eigenvalue weighted by atomic mass is 9.89. The SMILES string of the molecule is C=C/C=C\CC(C)CC(=O)Nc1cccc2nc(C(=O)NCC(O)C(C)(C)C)cn12. The number of imidazole rings is 1. The van der Waals surface area contributed by atoms with Gasteiger partial charge in [0.05, 0.1) is 6.10 Å². The van der Waals surface area contributed by atoms with Gasteiger partial charge in [-0.15, -0.1) is 0 Å². The van der Waals surface area contributed by atoms with Crippen LogP contribution in [0.3, 0.4) is 0 Å². The first-order valence-corrected chi connectivity index (χ1v) is 10.1. The van der Waals surface area contributed by atoms with E-state index in [0.717, 1.165) is 6.42 Å². The van der Waals surface area contributed by atoms with Crippen LogP contribution in [-0.4, -0.2) is 39.0 Å². The van der Waals surface area contributed by atoms with Crippen molar-refractivity contribution in [3.05, 3.63) is 54.9 Å². The van der Waals surface area contributed by atoms with Crippen molar-refractivity contribution in [2.45, 2.75) is 46.6 Å². The van der Waals surface area contributed by atoms with Gasteiger partial charge < -0.3 is 15.7 Å². The normalized spacial score (nSPS) is 13.9. The maximum absolute atomic E-state index is 12.5. The van der Waals surface area contributed by atoms with Crippen LogP contribution in [0.15, 0.2) is 49.2 Å². The second-order valence-electron chi connectivity index (χ2n) is 8.61. The standard InChI is InChI=1S/C23H32N4O3/c1-6-7-8-10-16(2)13-21(29)26-20-12-9-11-19-25-17(15-27(19)20)22(30)24-14-18(28)23(3,4)5/h6-9,11-12,15-16,18,28H,1,10,13-14H2,2-5H3,(H,24,30)(H,26,29)/b8-7-. The van der Waals surface area contributed by atoms with Gasteiger partial charge in [-0.05, 0) is 29.9 Å². The van der Waals surface area contributed by atoms with Crippen LogP contribution in [0.5, 0.6) is 0 Å². The Morgan fingerprint density at radius 3 is 2.73 bits per heavy atom. The van der Waals surface area contributed by atoms with Crippen LogP contribution in [-0.2, 0) is 4.79 Å². The van der Waals surface area contributed by atoms with Crippen LogP contribution in [0.4, 0.5) is 5.82 Å². The number of aliphatic hydroxyl groups excluding tert-OH is 1. The molecule has 2 heterocycles. The molecule has 2 rings (SSSR count). The number of aromatic nitrogens is 2. The van der Waals surface area contributed by atoms with Crippen molar-refractivity contribution in [1.82, 2.24) is 14.7 Å². The highest BCUT2D eigenvalue weighted by Gasteiger charge is 2.23. The molecule has 0 radical (unpaired) electrons. The number of hydrogen-bond donors (Lipinski definition) is 3. The van der Waals surface area contributed by atoms with E-state index in [-0.39, 0.29) is 35.4 Å². The fourth-order valence-corrected chi connectivity index (χ4v) is 2.81. The van der Waals surface area contributed by atoms with Crippen molar-refractivity contribution in [3.8, 4) is 0 Å². The summed E-state index contributed by atoms with van der Waals surface area (Å²) in [6.45, 7) is 11.5. The summed E-state index contributed by atoms with van der Waals surface area (Å²) < 4.78 is 1.68. The summed E-state index contributed by atoms with van der Waals surface area (Å²) in [4.78, 5) is 29.2. The molecular formula is C23H32N4O3. The topological polar surface area (TPSA) is 95.7 Å². The van der Waals surface area contributed by atoms with E-state index in [1.165, 1.54) is 0 Å². The minimum atomic E-state index is -0.670. The summed E-state index contributed by atoms with van der Waals surface area (Å²) in [5.74, 6) is 0.267. The van der Waals surface area contributed by atoms with E-state index in [4.69, 9.17) is 0 Å². The molecule has 162 valence electrons. The Hall–Kier alpha value is -2.93. The van der Waals surface area contributed by atoms with Crippen LogP contribution < -0.4 is 10.6 Å². The zero-order valence-electron chi connectivity index (χ0n) is 18.2. The third-order valence-corrected chi connectivity index (χ3v) is 4.79. The number of nitrogens with one attached hydrogen (secondary N) is 2. The van der Waals surface area contributed by atoms with Crippen molar-refractivity contribution in [1.29, 1.82) is 0 Å². The number of nitrogens with zero attached hydrogens (tertiary/aromatic N) is 2. The summed E-state index contributed by atoms with van der Waals surface area (Å²) in [6, 6.07) is 5.30. The van der Waals surface area contributed by atoms with E-state index in [2.05, 4.69) is 22.2 Å². The third-order valence-electron chi connectivity index (χ3n) is 4.79. The molecule has 0 aliphatic heterocycles. The number of fused-ring (bicyclic) bond motifs is 1. The van der Waals surface area contributed by atoms with Crippen molar-refractivity contribution in [2.24, 2.45) is 11.3 Å². The van der Waals surface area contributed by atoms with Crippen molar-refractivity contribution < 1.29 is 14.7 Å². The van der Waals surface area contributed by atoms with Crippen LogP contribution in [0.2, 0.25) is 0 Å². The predicted octanol–water partition coefficient (Wildman–Crippen LogP) is 3.57. The van der Waals surface area contributed by atoms with E-state index < -0.39 is 6.10 Å². The smallest absolute Gasteiger partial charge is 0.271 e. The molecule has 0 aliphatic rings. The molecule has 0 aromatic carbocycles. The molecule has 2 unspecified atom stereocenters. The molecular weight excluding hydrogens is 380 g/mol. The zero-order valence-corrected chi connectivity index (χ0v) is 18.2. The van der Waals surface area contributed by atoms with E-state index in [1.54, 1.807) is 34.9 Å². The maximum Gasteiger partial charge on any atom is 0.271 e. The summed E-state index contributed by atoms with van der Waals surface area (Å²) in [5, 5.41) is 15.7. The number of hydrogen-bond acceptors (Lipinski definition) is 4. The molecule has 0 saturated heterocycles. The molecule has 2 amide bonds. The maximum atomic E-state index is 12.5. The van der Waals surface area contributed by atoms with E-state index >= 15 is 0 Å². The molecule has 2 aromatic heterocycles. The Morgan fingerprint density at radius 2 is 2.07 bits per heavy atom. The number of rotatable bonds is 9. The van der Waals surface area contributed by atoms with Gasteiger partial charge in [-0.25, -0.2) is 4.98 Å². The van der Waals surface area contributed by atoms with Gasteiger partial charge in [-0.1, -0.05) is 58.6 Å². The van der Waals surface area contributed by atoms with Gasteiger partial charge in [0.1, 0.15) is 17.2 Å². The third kappa shape index (κ3) is 6.56. The lowest BCUT2D eigenvalue weighted by Crippen LogP contribution is -2.39. The molecule has 2 aromatic rings. The number of amides is 2. The van der Waals surface area contributed by atoms with Crippen LogP contribution in [0.25, 0.3) is 5.65 Å². The minimum Gasteiger partial charge on any atom is -0.391 e. The first-order valence-electron chi connectivity index (χ1n) is 10.1. The molecule has 30 heavy (non-hydrogen) atoms. The van der Waals surface area contributed by atoms with Gasteiger partial charge >= 0.3 is 0 Å². The lowest BCUT2D eigenvalue weighted by molar-refractivity contribution is -0.117. The molecule has 3 N–H and O–H groups in total. The van der Waals surface area contributed by atoms with Crippen LogP contribution >= 0.6 is 0 Å². The molecule has 0 aliphatic carbocycles. The largest absolute Gasteiger partial charge is 0.391 e. The fourth-order valence-electron chi connectivity index (χ4n) is 2.81.